The van der Waals surface area contributed by atoms with Crippen molar-refractivity contribution in [1.29, 1.82) is 0 Å². The monoisotopic (exact) mass is 350 g/mol. The molecule has 2 amide bonds. The molecule has 4 rings (SSSR count). The lowest BCUT2D eigenvalue weighted by Crippen LogP contribution is -2.44. The first-order valence-corrected chi connectivity index (χ1v) is 8.55. The fourth-order valence-corrected chi connectivity index (χ4v) is 3.71. The van der Waals surface area contributed by atoms with Crippen molar-refractivity contribution in [3.05, 3.63) is 65.2 Å². The van der Waals surface area contributed by atoms with Gasteiger partial charge >= 0.3 is 5.97 Å². The highest BCUT2D eigenvalue weighted by molar-refractivity contribution is 6.22. The number of nitrogens with zero attached hydrogens (tertiary/aromatic N) is 2. The summed E-state index contributed by atoms with van der Waals surface area (Å²) in [5.74, 6) is -1.53. The summed E-state index contributed by atoms with van der Waals surface area (Å²) in [6.07, 6.45) is 1.02. The van der Waals surface area contributed by atoms with Gasteiger partial charge in [0.05, 0.1) is 23.7 Å². The van der Waals surface area contributed by atoms with Gasteiger partial charge in [-0.2, -0.15) is 0 Å². The predicted octanol–water partition coefficient (Wildman–Crippen LogP) is 2.08. The summed E-state index contributed by atoms with van der Waals surface area (Å²) < 4.78 is 0. The number of anilines is 1. The molecule has 26 heavy (non-hydrogen) atoms. The Balaban J connectivity index is 1.55. The number of hydrogen-bond acceptors (Lipinski definition) is 4. The van der Waals surface area contributed by atoms with Crippen molar-refractivity contribution >= 4 is 23.5 Å². The first-order valence-electron chi connectivity index (χ1n) is 8.55. The molecule has 0 radical (unpaired) electrons. The van der Waals surface area contributed by atoms with Crippen molar-refractivity contribution in [2.75, 3.05) is 11.4 Å². The molecule has 0 aliphatic carbocycles. The summed E-state index contributed by atoms with van der Waals surface area (Å²) in [4.78, 5) is 39.6. The van der Waals surface area contributed by atoms with E-state index in [0.29, 0.717) is 12.2 Å². The number of benzene rings is 2. The third-order valence-electron chi connectivity index (χ3n) is 5.10. The number of aromatic carboxylic acids is 1. The van der Waals surface area contributed by atoms with Gasteiger partial charge in [0.1, 0.15) is 0 Å². The first-order chi connectivity index (χ1) is 12.5. The van der Waals surface area contributed by atoms with E-state index in [0.717, 1.165) is 13.0 Å². The molecule has 2 aromatic carbocycles. The van der Waals surface area contributed by atoms with Crippen LogP contribution in [0.1, 0.15) is 27.9 Å². The quantitative estimate of drug-likeness (QED) is 0.858. The summed E-state index contributed by atoms with van der Waals surface area (Å²) in [6, 6.07) is 13.5. The zero-order valence-electron chi connectivity index (χ0n) is 14.1. The van der Waals surface area contributed by atoms with E-state index in [-0.39, 0.29) is 23.8 Å². The maximum absolute atomic E-state index is 12.9. The van der Waals surface area contributed by atoms with Crippen LogP contribution in [-0.2, 0) is 22.6 Å². The second-order valence-electron chi connectivity index (χ2n) is 6.63. The number of carbonyl (C=O) groups is 3. The summed E-state index contributed by atoms with van der Waals surface area (Å²) in [5, 5.41) is 8.98. The smallest absolute Gasteiger partial charge is 0.335 e. The molecule has 0 saturated carbocycles. The minimum absolute atomic E-state index is 0.122. The van der Waals surface area contributed by atoms with Gasteiger partial charge < -0.3 is 5.11 Å². The molecule has 1 unspecified atom stereocenters. The van der Waals surface area contributed by atoms with Gasteiger partial charge in [0.2, 0.25) is 5.91 Å². The Kier molecular flexibility index (Phi) is 4.05. The Morgan fingerprint density at radius 3 is 2.38 bits per heavy atom. The molecule has 0 aromatic heterocycles. The summed E-state index contributed by atoms with van der Waals surface area (Å²) in [6.45, 7) is 1.40. The second-order valence-corrected chi connectivity index (χ2v) is 6.63. The van der Waals surface area contributed by atoms with Crippen LogP contribution in [0.4, 0.5) is 5.69 Å². The Labute approximate surface area is 150 Å². The predicted molar refractivity (Wildman–Crippen MR) is 94.9 cm³/mol. The number of imide groups is 1. The maximum Gasteiger partial charge on any atom is 0.335 e. The third kappa shape index (κ3) is 2.78. The molecule has 0 bridgehead atoms. The molecule has 1 N–H and O–H groups in total. The Morgan fingerprint density at radius 2 is 1.69 bits per heavy atom. The zero-order chi connectivity index (χ0) is 18.3. The molecule has 0 spiro atoms. The van der Waals surface area contributed by atoms with Gasteiger partial charge in [-0.3, -0.25) is 14.5 Å². The molecule has 2 aromatic rings. The number of carboxylic acid groups (broad SMARTS) is 1. The van der Waals surface area contributed by atoms with Gasteiger partial charge in [0, 0.05) is 13.1 Å². The van der Waals surface area contributed by atoms with Crippen molar-refractivity contribution in [3.8, 4) is 0 Å². The van der Waals surface area contributed by atoms with Crippen molar-refractivity contribution in [2.45, 2.75) is 25.4 Å². The van der Waals surface area contributed by atoms with Crippen LogP contribution in [0.2, 0.25) is 0 Å². The standard InChI is InChI=1S/C20H18N2O4/c23-18-11-17(21-10-9-13-3-1-2-4-15(13)12-21)19(24)22(18)16-7-5-14(6-8-16)20(25)26/h1-8,17H,9-12H2,(H,25,26). The van der Waals surface area contributed by atoms with E-state index in [9.17, 15) is 14.4 Å². The van der Waals surface area contributed by atoms with Gasteiger partial charge in [-0.05, 0) is 41.8 Å². The largest absolute Gasteiger partial charge is 0.478 e. The maximum atomic E-state index is 12.9. The van der Waals surface area contributed by atoms with E-state index in [4.69, 9.17) is 5.11 Å². The van der Waals surface area contributed by atoms with Gasteiger partial charge in [0.15, 0.2) is 0 Å². The number of amides is 2. The lowest BCUT2D eigenvalue weighted by molar-refractivity contribution is -0.123. The molecule has 1 fully saturated rings. The highest BCUT2D eigenvalue weighted by atomic mass is 16.4. The normalized spacial score (nSPS) is 20.3. The summed E-state index contributed by atoms with van der Waals surface area (Å²) in [5.41, 5.74) is 3.03. The van der Waals surface area contributed by atoms with E-state index in [1.165, 1.54) is 40.3 Å². The number of carboxylic acids is 1. The van der Waals surface area contributed by atoms with Crippen molar-refractivity contribution < 1.29 is 19.5 Å². The topological polar surface area (TPSA) is 77.9 Å². The van der Waals surface area contributed by atoms with Crippen LogP contribution in [-0.4, -0.2) is 40.4 Å². The molecule has 2 aliphatic rings. The number of fused-ring (bicyclic) bond motifs is 1. The molecule has 2 aliphatic heterocycles. The average molecular weight is 350 g/mol. The van der Waals surface area contributed by atoms with Crippen LogP contribution in [0.3, 0.4) is 0 Å². The minimum atomic E-state index is -1.04. The third-order valence-corrected chi connectivity index (χ3v) is 5.10. The van der Waals surface area contributed by atoms with Crippen LogP contribution >= 0.6 is 0 Å². The van der Waals surface area contributed by atoms with Crippen molar-refractivity contribution in [3.63, 3.8) is 0 Å². The highest BCUT2D eigenvalue weighted by Gasteiger charge is 2.43. The zero-order valence-corrected chi connectivity index (χ0v) is 14.1. The lowest BCUT2D eigenvalue weighted by Gasteiger charge is -2.32. The van der Waals surface area contributed by atoms with Crippen LogP contribution < -0.4 is 4.90 Å². The average Bonchev–Trinajstić information content (AvgIpc) is 2.95. The van der Waals surface area contributed by atoms with Crippen molar-refractivity contribution in [2.24, 2.45) is 0 Å². The molecule has 1 saturated heterocycles. The summed E-state index contributed by atoms with van der Waals surface area (Å²) in [7, 11) is 0. The van der Waals surface area contributed by atoms with Gasteiger partial charge in [-0.1, -0.05) is 24.3 Å². The molecule has 2 heterocycles. The highest BCUT2D eigenvalue weighted by Crippen LogP contribution is 2.29. The Bertz CT molecular complexity index is 891. The molecule has 132 valence electrons. The molecular weight excluding hydrogens is 332 g/mol. The van der Waals surface area contributed by atoms with E-state index in [1.807, 2.05) is 12.1 Å². The Hall–Kier alpha value is -2.99. The fourth-order valence-electron chi connectivity index (χ4n) is 3.71. The van der Waals surface area contributed by atoms with Crippen LogP contribution in [0, 0.1) is 0 Å². The van der Waals surface area contributed by atoms with E-state index < -0.39 is 12.0 Å². The van der Waals surface area contributed by atoms with Crippen LogP contribution in [0.5, 0.6) is 0 Å². The fraction of sp³-hybridized carbons (Fsp3) is 0.250. The van der Waals surface area contributed by atoms with Gasteiger partial charge in [-0.15, -0.1) is 0 Å². The molecule has 6 nitrogen and oxygen atoms in total. The SMILES string of the molecule is O=C(O)c1ccc(N2C(=O)CC(N3CCc4ccccc4C3)C2=O)cc1. The van der Waals surface area contributed by atoms with Crippen LogP contribution in [0.15, 0.2) is 48.5 Å². The second kappa shape index (κ2) is 6.38. The van der Waals surface area contributed by atoms with Crippen molar-refractivity contribution in [1.82, 2.24) is 4.90 Å². The number of carbonyl (C=O) groups excluding carboxylic acids is 2. The minimum Gasteiger partial charge on any atom is -0.478 e. The Morgan fingerprint density at radius 1 is 1.00 bits per heavy atom. The van der Waals surface area contributed by atoms with Gasteiger partial charge in [0.25, 0.3) is 5.91 Å². The first kappa shape index (κ1) is 16.5. The van der Waals surface area contributed by atoms with E-state index in [2.05, 4.69) is 17.0 Å². The summed E-state index contributed by atoms with van der Waals surface area (Å²) >= 11 is 0. The molecular formula is C20H18N2O4. The molecule has 1 atom stereocenters. The van der Waals surface area contributed by atoms with E-state index in [1.54, 1.807) is 0 Å². The van der Waals surface area contributed by atoms with Crippen LogP contribution in [0.25, 0.3) is 0 Å². The number of hydrogen-bond donors (Lipinski definition) is 1. The number of rotatable bonds is 3. The molecule has 6 heteroatoms. The van der Waals surface area contributed by atoms with E-state index >= 15 is 0 Å². The lowest BCUT2D eigenvalue weighted by atomic mass is 9.98. The van der Waals surface area contributed by atoms with Gasteiger partial charge in [-0.25, -0.2) is 9.69 Å².